The van der Waals surface area contributed by atoms with E-state index in [4.69, 9.17) is 14.1 Å². The van der Waals surface area contributed by atoms with Gasteiger partial charge in [-0.1, -0.05) is 36.4 Å². The van der Waals surface area contributed by atoms with Gasteiger partial charge in [-0.3, -0.25) is 0 Å². The van der Waals surface area contributed by atoms with Crippen LogP contribution in [0.3, 0.4) is 0 Å². The van der Waals surface area contributed by atoms with Crippen LogP contribution in [0.1, 0.15) is 28.2 Å². The number of fused-ring (bicyclic) bond motifs is 2. The van der Waals surface area contributed by atoms with Crippen LogP contribution in [0.5, 0.6) is 11.5 Å². The molecule has 160 valence electrons. The van der Waals surface area contributed by atoms with E-state index in [9.17, 15) is 19.8 Å². The minimum atomic E-state index is -1.22. The summed E-state index contributed by atoms with van der Waals surface area (Å²) in [6.45, 7) is 0. The number of nitriles is 1. The summed E-state index contributed by atoms with van der Waals surface area (Å²) in [6, 6.07) is 21.0. The van der Waals surface area contributed by atoms with E-state index in [2.05, 4.69) is 0 Å². The van der Waals surface area contributed by atoms with E-state index in [0.717, 1.165) is 0 Å². The molecule has 0 aliphatic rings. The second kappa shape index (κ2) is 7.70. The zero-order valence-corrected chi connectivity index (χ0v) is 17.0. The second-order valence-electron chi connectivity index (χ2n) is 7.46. The van der Waals surface area contributed by atoms with Crippen molar-refractivity contribution in [2.45, 2.75) is 5.92 Å². The third kappa shape index (κ3) is 3.22. The van der Waals surface area contributed by atoms with Crippen molar-refractivity contribution in [3.8, 4) is 17.6 Å². The van der Waals surface area contributed by atoms with Crippen molar-refractivity contribution in [1.29, 1.82) is 5.26 Å². The largest absolute Gasteiger partial charge is 0.507 e. The molecule has 0 radical (unpaired) electrons. The molecule has 5 aromatic rings. The molecule has 0 bridgehead atoms. The molecule has 0 saturated heterocycles. The van der Waals surface area contributed by atoms with E-state index in [0.29, 0.717) is 11.1 Å². The van der Waals surface area contributed by atoms with Crippen molar-refractivity contribution in [2.75, 3.05) is 0 Å². The lowest BCUT2D eigenvalue weighted by atomic mass is 9.84. The summed E-state index contributed by atoms with van der Waals surface area (Å²) < 4.78 is 10.9. The standard InChI is InChI=1S/C26H15NO6/c27-13-14-9-11-15(12-10-14)20(21-23(28)16-5-1-3-7-18(16)32-25(21)30)22-24(29)17-6-2-4-8-19(17)33-26(22)31/h1-12,20,28-29H. The number of hydrogen-bond acceptors (Lipinski definition) is 7. The Balaban J connectivity index is 1.90. The lowest BCUT2D eigenvalue weighted by Crippen LogP contribution is -2.21. The number of hydrogen-bond donors (Lipinski definition) is 2. The molecule has 0 fully saturated rings. The van der Waals surface area contributed by atoms with Crippen LogP contribution >= 0.6 is 0 Å². The van der Waals surface area contributed by atoms with Crippen LogP contribution in [0.15, 0.2) is 91.2 Å². The first kappa shape index (κ1) is 20.1. The van der Waals surface area contributed by atoms with E-state index >= 15 is 0 Å². The van der Waals surface area contributed by atoms with Crippen LogP contribution in [-0.4, -0.2) is 10.2 Å². The lowest BCUT2D eigenvalue weighted by molar-refractivity contribution is 0.441. The van der Waals surface area contributed by atoms with Gasteiger partial charge in [0.1, 0.15) is 22.7 Å². The highest BCUT2D eigenvalue weighted by Gasteiger charge is 2.32. The molecule has 5 rings (SSSR count). The summed E-state index contributed by atoms with van der Waals surface area (Å²) in [7, 11) is 0. The molecule has 0 saturated carbocycles. The number of nitrogens with zero attached hydrogens (tertiary/aromatic N) is 1. The van der Waals surface area contributed by atoms with Gasteiger partial charge in [0.25, 0.3) is 0 Å². The SMILES string of the molecule is N#Cc1ccc(C(c2c(O)c3ccccc3oc2=O)c2c(O)c3ccccc3oc2=O)cc1. The van der Waals surface area contributed by atoms with Crippen molar-refractivity contribution in [3.05, 3.63) is 116 Å². The average molecular weight is 437 g/mol. The zero-order valence-electron chi connectivity index (χ0n) is 17.0. The van der Waals surface area contributed by atoms with Gasteiger partial charge in [-0.25, -0.2) is 9.59 Å². The van der Waals surface area contributed by atoms with Gasteiger partial charge in [0.15, 0.2) is 0 Å². The van der Waals surface area contributed by atoms with Crippen LogP contribution in [0.25, 0.3) is 21.9 Å². The van der Waals surface area contributed by atoms with Gasteiger partial charge < -0.3 is 19.0 Å². The molecule has 2 heterocycles. The fourth-order valence-electron chi connectivity index (χ4n) is 4.03. The van der Waals surface area contributed by atoms with Crippen molar-refractivity contribution in [1.82, 2.24) is 0 Å². The molecule has 2 aromatic heterocycles. The van der Waals surface area contributed by atoms with E-state index in [1.54, 1.807) is 60.7 Å². The van der Waals surface area contributed by atoms with E-state index in [-0.39, 0.29) is 44.6 Å². The Morgan fingerprint density at radius 3 is 1.61 bits per heavy atom. The molecule has 0 atom stereocenters. The number of benzene rings is 3. The fraction of sp³-hybridized carbons (Fsp3) is 0.0385. The number of para-hydroxylation sites is 2. The van der Waals surface area contributed by atoms with Gasteiger partial charge >= 0.3 is 11.3 Å². The predicted octanol–water partition coefficient (Wildman–Crippen LogP) is 4.36. The second-order valence-corrected chi connectivity index (χ2v) is 7.46. The van der Waals surface area contributed by atoms with Gasteiger partial charge in [0.2, 0.25) is 0 Å². The quantitative estimate of drug-likeness (QED) is 0.402. The van der Waals surface area contributed by atoms with Crippen molar-refractivity contribution in [3.63, 3.8) is 0 Å². The molecule has 3 aromatic carbocycles. The monoisotopic (exact) mass is 437 g/mol. The van der Waals surface area contributed by atoms with Crippen LogP contribution < -0.4 is 11.3 Å². The third-order valence-electron chi connectivity index (χ3n) is 5.59. The Morgan fingerprint density at radius 1 is 0.697 bits per heavy atom. The van der Waals surface area contributed by atoms with Crippen molar-refractivity contribution < 1.29 is 19.0 Å². The molecule has 0 unspecified atom stereocenters. The first-order chi connectivity index (χ1) is 16.0. The summed E-state index contributed by atoms with van der Waals surface area (Å²) in [5.41, 5.74) is -1.09. The molecule has 0 aliphatic heterocycles. The predicted molar refractivity (Wildman–Crippen MR) is 120 cm³/mol. The Hall–Kier alpha value is -4.83. The van der Waals surface area contributed by atoms with Crippen LogP contribution in [-0.2, 0) is 0 Å². The smallest absolute Gasteiger partial charge is 0.344 e. The van der Waals surface area contributed by atoms with E-state index in [1.807, 2.05) is 6.07 Å². The lowest BCUT2D eigenvalue weighted by Gasteiger charge is -2.19. The molecule has 0 amide bonds. The van der Waals surface area contributed by atoms with Gasteiger partial charge in [0.05, 0.1) is 39.4 Å². The highest BCUT2D eigenvalue weighted by Crippen LogP contribution is 2.41. The van der Waals surface area contributed by atoms with Crippen LogP contribution in [0.4, 0.5) is 0 Å². The van der Waals surface area contributed by atoms with Crippen LogP contribution in [0, 0.1) is 11.3 Å². The molecule has 0 aliphatic carbocycles. The minimum absolute atomic E-state index is 0.178. The Kier molecular flexibility index (Phi) is 4.69. The van der Waals surface area contributed by atoms with E-state index in [1.165, 1.54) is 12.1 Å². The molecule has 7 heteroatoms. The normalized spacial score (nSPS) is 11.2. The Morgan fingerprint density at radius 2 is 1.15 bits per heavy atom. The van der Waals surface area contributed by atoms with Crippen molar-refractivity contribution in [2.24, 2.45) is 0 Å². The first-order valence-corrected chi connectivity index (χ1v) is 9.99. The molecule has 2 N–H and O–H groups in total. The fourth-order valence-corrected chi connectivity index (χ4v) is 4.03. The molecule has 0 spiro atoms. The summed E-state index contributed by atoms with van der Waals surface area (Å²) in [4.78, 5) is 26.1. The number of rotatable bonds is 3. The maximum Gasteiger partial charge on any atom is 0.344 e. The summed E-state index contributed by atoms with van der Waals surface area (Å²) >= 11 is 0. The number of aromatic hydroxyl groups is 2. The van der Waals surface area contributed by atoms with Gasteiger partial charge in [-0.05, 0) is 42.0 Å². The molecular weight excluding hydrogens is 422 g/mol. The summed E-state index contributed by atoms with van der Waals surface area (Å²) in [6.07, 6.45) is 0. The summed E-state index contributed by atoms with van der Waals surface area (Å²) in [5.74, 6) is -1.97. The average Bonchev–Trinajstić information content (AvgIpc) is 2.83. The van der Waals surface area contributed by atoms with Crippen molar-refractivity contribution >= 4 is 21.9 Å². The minimum Gasteiger partial charge on any atom is -0.507 e. The first-order valence-electron chi connectivity index (χ1n) is 9.99. The molecule has 7 nitrogen and oxygen atoms in total. The topological polar surface area (TPSA) is 125 Å². The highest BCUT2D eigenvalue weighted by molar-refractivity contribution is 5.86. The zero-order chi connectivity index (χ0) is 23.1. The Bertz CT molecular complexity index is 1590. The molecule has 33 heavy (non-hydrogen) atoms. The molecular formula is C26H15NO6. The maximum absolute atomic E-state index is 13.1. The van der Waals surface area contributed by atoms with Gasteiger partial charge in [-0.15, -0.1) is 0 Å². The Labute approximate surface area is 186 Å². The van der Waals surface area contributed by atoms with Crippen LogP contribution in [0.2, 0.25) is 0 Å². The van der Waals surface area contributed by atoms with E-state index < -0.39 is 17.2 Å². The highest BCUT2D eigenvalue weighted by atomic mass is 16.4. The van der Waals surface area contributed by atoms with Gasteiger partial charge in [-0.2, -0.15) is 5.26 Å². The van der Waals surface area contributed by atoms with Gasteiger partial charge in [0, 0.05) is 0 Å². The maximum atomic E-state index is 13.1. The third-order valence-corrected chi connectivity index (χ3v) is 5.59. The summed E-state index contributed by atoms with van der Waals surface area (Å²) in [5, 5.41) is 31.9.